The van der Waals surface area contributed by atoms with Crippen LogP contribution in [-0.2, 0) is 0 Å². The molecule has 0 amide bonds. The number of ketones is 1. The number of fused-ring (bicyclic) bond motifs is 1. The molecule has 4 nitrogen and oxygen atoms in total. The molecule has 100 valence electrons. The first-order chi connectivity index (χ1) is 9.61. The summed E-state index contributed by atoms with van der Waals surface area (Å²) in [5.41, 5.74) is 4.34. The number of benzene rings is 1. The molecule has 3 rings (SSSR count). The molecule has 0 spiro atoms. The van der Waals surface area contributed by atoms with Crippen LogP contribution < -0.4 is 0 Å². The van der Waals surface area contributed by atoms with Gasteiger partial charge in [-0.2, -0.15) is 0 Å². The highest BCUT2D eigenvalue weighted by molar-refractivity contribution is 6.06. The Balaban J connectivity index is 2.31. The number of carbonyl (C=O) groups excluding carboxylic acids is 2. The van der Waals surface area contributed by atoms with Crippen molar-refractivity contribution < 1.29 is 9.59 Å². The molecule has 0 saturated heterocycles. The summed E-state index contributed by atoms with van der Waals surface area (Å²) in [5, 5.41) is 1.05. The van der Waals surface area contributed by atoms with E-state index < -0.39 is 0 Å². The van der Waals surface area contributed by atoms with Gasteiger partial charge in [0.05, 0.1) is 5.69 Å². The summed E-state index contributed by atoms with van der Waals surface area (Å²) in [6.45, 7) is 3.32. The molecule has 0 radical (unpaired) electrons. The molecule has 0 aliphatic carbocycles. The molecule has 0 atom stereocenters. The van der Waals surface area contributed by atoms with E-state index in [0.717, 1.165) is 28.4 Å². The number of aldehydes is 1. The summed E-state index contributed by atoms with van der Waals surface area (Å²) in [6.07, 6.45) is 2.62. The third-order valence-electron chi connectivity index (χ3n) is 3.53. The normalized spacial score (nSPS) is 10.9. The maximum Gasteiger partial charge on any atom is 0.166 e. The summed E-state index contributed by atoms with van der Waals surface area (Å²) >= 11 is 0. The molecule has 2 N–H and O–H groups in total. The summed E-state index contributed by atoms with van der Waals surface area (Å²) in [5.74, 6) is -0.0454. The van der Waals surface area contributed by atoms with Crippen molar-refractivity contribution >= 4 is 23.0 Å². The highest BCUT2D eigenvalue weighted by Gasteiger charge is 2.19. The first-order valence-electron chi connectivity index (χ1n) is 6.38. The zero-order valence-electron chi connectivity index (χ0n) is 11.3. The Morgan fingerprint density at radius 1 is 1.25 bits per heavy atom. The van der Waals surface area contributed by atoms with Crippen LogP contribution in [0.5, 0.6) is 0 Å². The number of hydrogen-bond donors (Lipinski definition) is 2. The Hall–Kier alpha value is -2.62. The van der Waals surface area contributed by atoms with Crippen LogP contribution >= 0.6 is 0 Å². The van der Waals surface area contributed by atoms with Gasteiger partial charge >= 0.3 is 0 Å². The minimum atomic E-state index is -0.0454. The number of nitrogens with one attached hydrogen (secondary N) is 2. The van der Waals surface area contributed by atoms with Crippen molar-refractivity contribution in [3.05, 3.63) is 47.4 Å². The van der Waals surface area contributed by atoms with E-state index in [9.17, 15) is 9.59 Å². The zero-order valence-corrected chi connectivity index (χ0v) is 11.3. The number of H-pyrrole nitrogens is 2. The van der Waals surface area contributed by atoms with E-state index in [-0.39, 0.29) is 5.78 Å². The number of Topliss-reactive ketones (excluding diaryl/α,β-unsaturated/α-hetero) is 1. The second-order valence-corrected chi connectivity index (χ2v) is 4.87. The van der Waals surface area contributed by atoms with Gasteiger partial charge in [0.1, 0.15) is 0 Å². The molecule has 4 heteroatoms. The van der Waals surface area contributed by atoms with Gasteiger partial charge in [0.2, 0.25) is 0 Å². The smallest absolute Gasteiger partial charge is 0.166 e. The molecule has 0 saturated carbocycles. The van der Waals surface area contributed by atoms with Crippen molar-refractivity contribution in [1.82, 2.24) is 9.97 Å². The first kappa shape index (κ1) is 12.4. The summed E-state index contributed by atoms with van der Waals surface area (Å²) in [6, 6.07) is 7.81. The highest BCUT2D eigenvalue weighted by Crippen LogP contribution is 2.31. The number of aromatic amines is 2. The minimum absolute atomic E-state index is 0.0454. The lowest BCUT2D eigenvalue weighted by molar-refractivity contribution is 0.101. The quantitative estimate of drug-likeness (QED) is 0.563. The van der Waals surface area contributed by atoms with Gasteiger partial charge in [-0.3, -0.25) is 9.59 Å². The predicted molar refractivity (Wildman–Crippen MR) is 78.2 cm³/mol. The molecular weight excluding hydrogens is 252 g/mol. The van der Waals surface area contributed by atoms with Crippen molar-refractivity contribution in [2.45, 2.75) is 13.8 Å². The monoisotopic (exact) mass is 266 g/mol. The van der Waals surface area contributed by atoms with Crippen molar-refractivity contribution in [2.24, 2.45) is 0 Å². The Labute approximate surface area is 115 Å². The van der Waals surface area contributed by atoms with Crippen LogP contribution in [0.15, 0.2) is 30.5 Å². The number of carbonyl (C=O) groups is 2. The fourth-order valence-electron chi connectivity index (χ4n) is 2.69. The average molecular weight is 266 g/mol. The van der Waals surface area contributed by atoms with Gasteiger partial charge in [-0.05, 0) is 43.0 Å². The molecule has 2 aromatic heterocycles. The summed E-state index contributed by atoms with van der Waals surface area (Å²) in [7, 11) is 0. The molecule has 3 aromatic rings. The largest absolute Gasteiger partial charge is 0.361 e. The van der Waals surface area contributed by atoms with Crippen LogP contribution in [0.3, 0.4) is 0 Å². The Kier molecular flexibility index (Phi) is 2.79. The van der Waals surface area contributed by atoms with E-state index in [1.165, 1.54) is 6.92 Å². The average Bonchev–Trinajstić information content (AvgIpc) is 3.00. The van der Waals surface area contributed by atoms with Crippen LogP contribution in [0.4, 0.5) is 0 Å². The maximum absolute atomic E-state index is 11.9. The van der Waals surface area contributed by atoms with E-state index in [4.69, 9.17) is 0 Å². The van der Waals surface area contributed by atoms with Crippen molar-refractivity contribution in [3.63, 3.8) is 0 Å². The van der Waals surface area contributed by atoms with Crippen molar-refractivity contribution in [2.75, 3.05) is 0 Å². The molecular formula is C16H14N2O2. The molecule has 0 bridgehead atoms. The van der Waals surface area contributed by atoms with Gasteiger partial charge < -0.3 is 9.97 Å². The molecule has 20 heavy (non-hydrogen) atoms. The van der Waals surface area contributed by atoms with Crippen LogP contribution in [0.1, 0.15) is 33.5 Å². The van der Waals surface area contributed by atoms with Crippen molar-refractivity contribution in [1.29, 1.82) is 0 Å². The lowest BCUT2D eigenvalue weighted by Crippen LogP contribution is -1.96. The van der Waals surface area contributed by atoms with Gasteiger partial charge in [-0.1, -0.05) is 6.07 Å². The molecule has 0 unspecified atom stereocenters. The van der Waals surface area contributed by atoms with Gasteiger partial charge in [-0.15, -0.1) is 0 Å². The first-order valence-corrected chi connectivity index (χ1v) is 6.38. The second kappa shape index (κ2) is 4.49. The van der Waals surface area contributed by atoms with E-state index in [0.29, 0.717) is 16.8 Å². The highest BCUT2D eigenvalue weighted by atomic mass is 16.1. The van der Waals surface area contributed by atoms with Gasteiger partial charge in [0.15, 0.2) is 12.1 Å². The van der Waals surface area contributed by atoms with Gasteiger partial charge in [0.25, 0.3) is 0 Å². The Morgan fingerprint density at radius 3 is 2.75 bits per heavy atom. The number of rotatable bonds is 3. The predicted octanol–water partition coefficient (Wildman–Crippen LogP) is 3.49. The molecule has 0 fully saturated rings. The molecule has 0 aliphatic rings. The summed E-state index contributed by atoms with van der Waals surface area (Å²) < 4.78 is 0. The molecule has 1 aromatic carbocycles. The number of aryl methyl sites for hydroxylation is 1. The van der Waals surface area contributed by atoms with Crippen LogP contribution in [-0.4, -0.2) is 22.0 Å². The van der Waals surface area contributed by atoms with E-state index >= 15 is 0 Å². The van der Waals surface area contributed by atoms with Gasteiger partial charge in [0, 0.05) is 28.5 Å². The minimum Gasteiger partial charge on any atom is -0.361 e. The fourth-order valence-corrected chi connectivity index (χ4v) is 2.69. The SMILES string of the molecule is CC(=O)c1c(C)[nH]c(C=O)c1-c1ccc2[nH]ccc2c1. The maximum atomic E-state index is 11.9. The van der Waals surface area contributed by atoms with E-state index in [1.54, 1.807) is 0 Å². The van der Waals surface area contributed by atoms with Crippen LogP contribution in [0, 0.1) is 6.92 Å². The van der Waals surface area contributed by atoms with Gasteiger partial charge in [-0.25, -0.2) is 0 Å². The Morgan fingerprint density at radius 2 is 2.05 bits per heavy atom. The van der Waals surface area contributed by atoms with E-state index in [1.807, 2.05) is 37.4 Å². The third kappa shape index (κ3) is 1.77. The van der Waals surface area contributed by atoms with Crippen molar-refractivity contribution in [3.8, 4) is 11.1 Å². The summed E-state index contributed by atoms with van der Waals surface area (Å²) in [4.78, 5) is 29.2. The Bertz CT molecular complexity index is 824. The van der Waals surface area contributed by atoms with Crippen LogP contribution in [0.25, 0.3) is 22.0 Å². The zero-order chi connectivity index (χ0) is 14.3. The van der Waals surface area contributed by atoms with Crippen LogP contribution in [0.2, 0.25) is 0 Å². The third-order valence-corrected chi connectivity index (χ3v) is 3.53. The standard InChI is InChI=1S/C16H14N2O2/c1-9-15(10(2)20)16(14(8-19)18-9)12-3-4-13-11(7-12)5-6-17-13/h3-8,17-18H,1-2H3. The molecule has 0 aliphatic heterocycles. The number of hydrogen-bond acceptors (Lipinski definition) is 2. The molecule has 2 heterocycles. The lowest BCUT2D eigenvalue weighted by Gasteiger charge is -2.04. The lowest BCUT2D eigenvalue weighted by atomic mass is 9.97. The second-order valence-electron chi connectivity index (χ2n) is 4.87. The van der Waals surface area contributed by atoms with E-state index in [2.05, 4.69) is 9.97 Å². The topological polar surface area (TPSA) is 65.7 Å². The fraction of sp³-hybridized carbons (Fsp3) is 0.125. The number of aromatic nitrogens is 2.